The summed E-state index contributed by atoms with van der Waals surface area (Å²) in [6, 6.07) is 0. The summed E-state index contributed by atoms with van der Waals surface area (Å²) in [6.07, 6.45) is 70.6. The molecule has 0 spiro atoms. The molecule has 60 heavy (non-hydrogen) atoms. The first-order valence-corrected chi connectivity index (χ1v) is 23.7. The van der Waals surface area contributed by atoms with E-state index in [1.54, 1.807) is 0 Å². The van der Waals surface area contributed by atoms with E-state index in [1.807, 2.05) is 12.2 Å². The molecule has 1 atom stereocenters. The Morgan fingerprint density at radius 1 is 0.367 bits per heavy atom. The molecule has 5 heteroatoms. The molecule has 0 aromatic carbocycles. The van der Waals surface area contributed by atoms with Crippen LogP contribution in [0.1, 0.15) is 175 Å². The van der Waals surface area contributed by atoms with Gasteiger partial charge in [0, 0.05) is 19.4 Å². The molecule has 0 amide bonds. The molecule has 0 aliphatic rings. The summed E-state index contributed by atoms with van der Waals surface area (Å²) in [5, 5.41) is 0. The Hall–Kier alpha value is -3.96. The van der Waals surface area contributed by atoms with Crippen molar-refractivity contribution in [1.29, 1.82) is 0 Å². The van der Waals surface area contributed by atoms with Crippen LogP contribution in [0.2, 0.25) is 0 Å². The smallest absolute Gasteiger partial charge is 0.306 e. The maximum atomic E-state index is 12.7. The number of carbonyl (C=O) groups is 2. The minimum Gasteiger partial charge on any atom is -0.462 e. The highest BCUT2D eigenvalue weighted by atomic mass is 16.6. The molecule has 0 saturated carbocycles. The fourth-order valence-electron chi connectivity index (χ4n) is 5.78. The number of rotatable bonds is 41. The van der Waals surface area contributed by atoms with Gasteiger partial charge in [0.05, 0.1) is 6.61 Å². The average Bonchev–Trinajstić information content (AvgIpc) is 3.25. The van der Waals surface area contributed by atoms with Crippen LogP contribution >= 0.6 is 0 Å². The van der Waals surface area contributed by atoms with Crippen LogP contribution < -0.4 is 0 Å². The maximum Gasteiger partial charge on any atom is 0.306 e. The highest BCUT2D eigenvalue weighted by molar-refractivity contribution is 5.70. The predicted molar refractivity (Wildman–Crippen MR) is 260 cm³/mol. The molecule has 0 aromatic heterocycles. The van der Waals surface area contributed by atoms with Gasteiger partial charge in [0.15, 0.2) is 6.10 Å². The molecule has 0 rings (SSSR count). The van der Waals surface area contributed by atoms with E-state index in [9.17, 15) is 9.59 Å². The van der Waals surface area contributed by atoms with E-state index in [2.05, 4.69) is 142 Å². The van der Waals surface area contributed by atoms with Gasteiger partial charge >= 0.3 is 11.9 Å². The summed E-state index contributed by atoms with van der Waals surface area (Å²) in [7, 11) is 0. The molecule has 0 aromatic rings. The van der Waals surface area contributed by atoms with Gasteiger partial charge in [-0.3, -0.25) is 9.59 Å². The number of esters is 2. The topological polar surface area (TPSA) is 61.8 Å². The molecule has 0 radical (unpaired) electrons. The molecule has 0 aliphatic heterocycles. The van der Waals surface area contributed by atoms with E-state index >= 15 is 0 Å². The molecule has 1 unspecified atom stereocenters. The lowest BCUT2D eigenvalue weighted by atomic mass is 10.1. The number of hydrogen-bond acceptors (Lipinski definition) is 5. The van der Waals surface area contributed by atoms with Crippen molar-refractivity contribution < 1.29 is 23.8 Å². The molecule has 0 heterocycles. The summed E-state index contributed by atoms with van der Waals surface area (Å²) in [4.78, 5) is 25.2. The third-order valence-electron chi connectivity index (χ3n) is 9.19. The van der Waals surface area contributed by atoms with E-state index in [0.717, 1.165) is 83.5 Å². The third-order valence-corrected chi connectivity index (χ3v) is 9.19. The first kappa shape index (κ1) is 56.0. The molecule has 5 nitrogen and oxygen atoms in total. The highest BCUT2D eigenvalue weighted by Crippen LogP contribution is 2.11. The van der Waals surface area contributed by atoms with E-state index in [0.29, 0.717) is 19.4 Å². The van der Waals surface area contributed by atoms with Gasteiger partial charge in [-0.25, -0.2) is 0 Å². The Balaban J connectivity index is 4.46. The number of allylic oxidation sites excluding steroid dienone is 22. The molecular formula is C55H86O5. The second kappa shape index (κ2) is 49.4. The van der Waals surface area contributed by atoms with Gasteiger partial charge in [-0.15, -0.1) is 0 Å². The van der Waals surface area contributed by atoms with Gasteiger partial charge in [0.1, 0.15) is 6.61 Å². The van der Waals surface area contributed by atoms with Crippen LogP contribution in [0.3, 0.4) is 0 Å². The van der Waals surface area contributed by atoms with Crippen molar-refractivity contribution in [3.05, 3.63) is 134 Å². The lowest BCUT2D eigenvalue weighted by Crippen LogP contribution is -2.30. The Labute approximate surface area is 369 Å². The monoisotopic (exact) mass is 827 g/mol. The quantitative estimate of drug-likeness (QED) is 0.0349. The minimum atomic E-state index is -0.615. The van der Waals surface area contributed by atoms with Crippen molar-refractivity contribution >= 4 is 11.9 Å². The third kappa shape index (κ3) is 46.7. The second-order valence-electron chi connectivity index (χ2n) is 14.9. The second-order valence-corrected chi connectivity index (χ2v) is 14.9. The normalized spacial score (nSPS) is 13.4. The first-order valence-electron chi connectivity index (χ1n) is 23.7. The summed E-state index contributed by atoms with van der Waals surface area (Å²) < 4.78 is 17.2. The Morgan fingerprint density at radius 2 is 0.700 bits per heavy atom. The van der Waals surface area contributed by atoms with Crippen LogP contribution in [0.25, 0.3) is 0 Å². The van der Waals surface area contributed by atoms with Crippen molar-refractivity contribution in [2.45, 2.75) is 181 Å². The van der Waals surface area contributed by atoms with Gasteiger partial charge < -0.3 is 14.2 Å². The van der Waals surface area contributed by atoms with Gasteiger partial charge in [-0.2, -0.15) is 0 Å². The largest absolute Gasteiger partial charge is 0.462 e. The van der Waals surface area contributed by atoms with Crippen molar-refractivity contribution in [1.82, 2.24) is 0 Å². The molecule has 0 N–H and O–H groups in total. The molecule has 0 bridgehead atoms. The lowest BCUT2D eigenvalue weighted by molar-refractivity contribution is -0.162. The van der Waals surface area contributed by atoms with Crippen LogP contribution in [0.5, 0.6) is 0 Å². The zero-order chi connectivity index (χ0) is 43.5. The zero-order valence-electron chi connectivity index (χ0n) is 38.4. The molecule has 336 valence electrons. The van der Waals surface area contributed by atoms with Gasteiger partial charge in [-0.05, 0) is 103 Å². The fourth-order valence-corrected chi connectivity index (χ4v) is 5.78. The molecule has 0 fully saturated rings. The van der Waals surface area contributed by atoms with E-state index < -0.39 is 6.10 Å². The molecule has 0 aliphatic carbocycles. The van der Waals surface area contributed by atoms with E-state index in [4.69, 9.17) is 14.2 Å². The highest BCUT2D eigenvalue weighted by Gasteiger charge is 2.17. The fraction of sp³-hybridized carbons (Fsp3) is 0.564. The molecular weight excluding hydrogens is 741 g/mol. The van der Waals surface area contributed by atoms with Gasteiger partial charge in [0.2, 0.25) is 0 Å². The first-order chi connectivity index (χ1) is 29.6. The van der Waals surface area contributed by atoms with Crippen molar-refractivity contribution in [2.24, 2.45) is 0 Å². The average molecular weight is 827 g/mol. The van der Waals surface area contributed by atoms with Crippen molar-refractivity contribution in [2.75, 3.05) is 19.8 Å². The van der Waals surface area contributed by atoms with Crippen LogP contribution in [0, 0.1) is 0 Å². The van der Waals surface area contributed by atoms with E-state index in [1.165, 1.54) is 44.9 Å². The van der Waals surface area contributed by atoms with Crippen LogP contribution in [-0.2, 0) is 23.8 Å². The zero-order valence-corrected chi connectivity index (χ0v) is 38.4. The standard InChI is InChI=1S/C55H86O5/c1-4-7-10-13-16-19-22-25-26-27-28-29-32-35-38-41-44-47-50-58-51-53(60-55(57)49-46-43-40-37-34-31-24-21-18-15-12-9-6-3)52-59-54(56)48-45-42-39-36-33-30-23-20-17-14-11-8-5-2/h7-12,16-21,25-26,30-31,33-34,39-40,42-43,53H,4-6,13-15,22-24,27-29,32,35-38,41,44-52H2,1-3H3/b10-7-,11-8-,12-9-,19-16-,20-17-,21-18-,26-25-,33-30-,34-31-,42-39-,43-40-. The Bertz CT molecular complexity index is 1300. The maximum absolute atomic E-state index is 12.7. The minimum absolute atomic E-state index is 0.00648. The van der Waals surface area contributed by atoms with Gasteiger partial charge in [0.25, 0.3) is 0 Å². The summed E-state index contributed by atoms with van der Waals surface area (Å²) >= 11 is 0. The SMILES string of the molecule is CC/C=C\C/C=C\C/C=C\C/C=C\CCC(=O)OCC(COCCCCCCCCCC/C=C\C/C=C\C/C=C\CC)OC(=O)CC/C=C\C/C=C\C/C=C\C/C=C\CC. The summed E-state index contributed by atoms with van der Waals surface area (Å²) in [5.41, 5.74) is 0. The summed E-state index contributed by atoms with van der Waals surface area (Å²) in [5.74, 6) is -0.602. The van der Waals surface area contributed by atoms with Crippen molar-refractivity contribution in [3.63, 3.8) is 0 Å². The number of unbranched alkanes of at least 4 members (excludes halogenated alkanes) is 8. The van der Waals surface area contributed by atoms with E-state index in [-0.39, 0.29) is 38.0 Å². The van der Waals surface area contributed by atoms with Gasteiger partial charge in [-0.1, -0.05) is 193 Å². The van der Waals surface area contributed by atoms with Crippen LogP contribution in [0.15, 0.2) is 134 Å². The Morgan fingerprint density at radius 3 is 1.12 bits per heavy atom. The lowest BCUT2D eigenvalue weighted by Gasteiger charge is -2.18. The summed E-state index contributed by atoms with van der Waals surface area (Å²) in [6.45, 7) is 7.28. The van der Waals surface area contributed by atoms with Crippen LogP contribution in [-0.4, -0.2) is 37.9 Å². The molecule has 0 saturated heterocycles. The Kier molecular flexibility index (Phi) is 46.1. The predicted octanol–water partition coefficient (Wildman–Crippen LogP) is 16.0. The number of hydrogen-bond donors (Lipinski definition) is 0. The van der Waals surface area contributed by atoms with Crippen LogP contribution in [0.4, 0.5) is 0 Å². The van der Waals surface area contributed by atoms with Crippen molar-refractivity contribution in [3.8, 4) is 0 Å². The number of carbonyl (C=O) groups excluding carboxylic acids is 2. The number of ether oxygens (including phenoxy) is 3.